The number of aromatic nitrogens is 4. The number of amides is 1. The predicted molar refractivity (Wildman–Crippen MR) is 128 cm³/mol. The van der Waals surface area contributed by atoms with Gasteiger partial charge in [-0.3, -0.25) is 4.79 Å². The second-order valence-electron chi connectivity index (χ2n) is 9.05. The van der Waals surface area contributed by atoms with Crippen LogP contribution in [-0.2, 0) is 5.75 Å². The summed E-state index contributed by atoms with van der Waals surface area (Å²) in [6, 6.07) is 9.76. The summed E-state index contributed by atoms with van der Waals surface area (Å²) >= 11 is 1.52. The number of nitrogens with zero attached hydrogens (tertiary/aromatic N) is 5. The van der Waals surface area contributed by atoms with Crippen LogP contribution in [0.25, 0.3) is 5.78 Å². The van der Waals surface area contributed by atoms with E-state index in [1.807, 2.05) is 44.2 Å². The van der Waals surface area contributed by atoms with Crippen molar-refractivity contribution in [2.24, 2.45) is 11.8 Å². The lowest BCUT2D eigenvalue weighted by Crippen LogP contribution is -2.42. The van der Waals surface area contributed by atoms with Crippen LogP contribution in [-0.4, -0.2) is 56.6 Å². The van der Waals surface area contributed by atoms with Gasteiger partial charge < -0.3 is 10.2 Å². The van der Waals surface area contributed by atoms with Crippen molar-refractivity contribution in [3.05, 3.63) is 52.8 Å². The Morgan fingerprint density at radius 3 is 2.69 bits per heavy atom. The lowest BCUT2D eigenvalue weighted by molar-refractivity contribution is 0.0936. The molecule has 2 unspecified atom stereocenters. The van der Waals surface area contributed by atoms with Gasteiger partial charge in [-0.25, -0.2) is 9.50 Å². The van der Waals surface area contributed by atoms with E-state index in [4.69, 9.17) is 0 Å². The number of thioether (sulfide) groups is 1. The molecule has 1 aliphatic heterocycles. The topological polar surface area (TPSA) is 75.4 Å². The van der Waals surface area contributed by atoms with Gasteiger partial charge in [-0.1, -0.05) is 43.8 Å². The first-order valence-corrected chi connectivity index (χ1v) is 12.3. The molecule has 0 aliphatic carbocycles. The van der Waals surface area contributed by atoms with E-state index in [2.05, 4.69) is 39.1 Å². The molecule has 1 fully saturated rings. The molecular weight excluding hydrogens is 420 g/mol. The minimum atomic E-state index is -0.0181. The van der Waals surface area contributed by atoms with Crippen LogP contribution in [0.3, 0.4) is 0 Å². The summed E-state index contributed by atoms with van der Waals surface area (Å²) in [7, 11) is 0. The Balaban J connectivity index is 1.36. The Hall–Kier alpha value is -2.45. The van der Waals surface area contributed by atoms with E-state index >= 15 is 0 Å². The first-order chi connectivity index (χ1) is 15.4. The standard InChI is InChI=1S/C24H32N6OS/c1-16-11-17(2)14-29(13-16)10-9-25-22(31)21-8-6-5-7-20(21)15-32-24-27-23-26-18(3)12-19(4)30(23)28-24/h5-8,12,16-17H,9-11,13-15H2,1-4H3,(H,25,31). The first-order valence-electron chi connectivity index (χ1n) is 11.3. The van der Waals surface area contributed by atoms with Crippen molar-refractivity contribution < 1.29 is 4.79 Å². The third kappa shape index (κ3) is 5.48. The van der Waals surface area contributed by atoms with Gasteiger partial charge in [0.25, 0.3) is 11.7 Å². The summed E-state index contributed by atoms with van der Waals surface area (Å²) in [5, 5.41) is 8.33. The van der Waals surface area contributed by atoms with Gasteiger partial charge in [0, 0.05) is 48.9 Å². The molecule has 8 heteroatoms. The number of piperidine rings is 1. The van der Waals surface area contributed by atoms with Crippen LogP contribution >= 0.6 is 11.8 Å². The van der Waals surface area contributed by atoms with E-state index < -0.39 is 0 Å². The molecule has 2 aromatic heterocycles. The van der Waals surface area contributed by atoms with Gasteiger partial charge in [0.1, 0.15) is 0 Å². The molecule has 4 rings (SSSR count). The molecular formula is C24H32N6OS. The Morgan fingerprint density at radius 2 is 1.91 bits per heavy atom. The molecule has 1 saturated heterocycles. The minimum Gasteiger partial charge on any atom is -0.351 e. The summed E-state index contributed by atoms with van der Waals surface area (Å²) in [5.41, 5.74) is 3.63. The smallest absolute Gasteiger partial charge is 0.253 e. The fourth-order valence-electron chi connectivity index (χ4n) is 4.62. The van der Waals surface area contributed by atoms with E-state index in [1.165, 1.54) is 18.2 Å². The normalized spacial score (nSPS) is 19.4. The number of carbonyl (C=O) groups excluding carboxylic acids is 1. The molecule has 0 saturated carbocycles. The SMILES string of the molecule is Cc1cc(C)n2nc(SCc3ccccc3C(=O)NCCN3CC(C)CC(C)C3)nc2n1. The summed E-state index contributed by atoms with van der Waals surface area (Å²) in [6.07, 6.45) is 1.30. The molecule has 170 valence electrons. The van der Waals surface area contributed by atoms with Crippen molar-refractivity contribution in [2.45, 2.75) is 45.0 Å². The molecule has 1 N–H and O–H groups in total. The first kappa shape index (κ1) is 22.7. The maximum Gasteiger partial charge on any atom is 0.253 e. The van der Waals surface area contributed by atoms with Gasteiger partial charge in [-0.15, -0.1) is 5.10 Å². The number of hydrogen-bond acceptors (Lipinski definition) is 6. The maximum absolute atomic E-state index is 12.9. The van der Waals surface area contributed by atoms with Crippen LogP contribution in [0, 0.1) is 25.7 Å². The lowest BCUT2D eigenvalue weighted by atomic mass is 9.92. The second kappa shape index (κ2) is 10.0. The van der Waals surface area contributed by atoms with E-state index in [0.717, 1.165) is 48.4 Å². The number of rotatable bonds is 7. The maximum atomic E-state index is 12.9. The fraction of sp³-hybridized carbons (Fsp3) is 0.500. The Labute approximate surface area is 194 Å². The fourth-order valence-corrected chi connectivity index (χ4v) is 5.44. The third-order valence-electron chi connectivity index (χ3n) is 5.88. The number of carbonyl (C=O) groups is 1. The molecule has 3 heterocycles. The molecule has 0 radical (unpaired) electrons. The minimum absolute atomic E-state index is 0.0181. The van der Waals surface area contributed by atoms with Crippen molar-refractivity contribution in [3.8, 4) is 0 Å². The Morgan fingerprint density at radius 1 is 1.16 bits per heavy atom. The summed E-state index contributed by atoms with van der Waals surface area (Å²) in [5.74, 6) is 2.67. The van der Waals surface area contributed by atoms with Gasteiger partial charge in [-0.2, -0.15) is 4.98 Å². The Kier molecular flexibility index (Phi) is 7.10. The zero-order valence-electron chi connectivity index (χ0n) is 19.3. The van der Waals surface area contributed by atoms with Crippen molar-refractivity contribution in [1.29, 1.82) is 0 Å². The number of fused-ring (bicyclic) bond motifs is 1. The summed E-state index contributed by atoms with van der Waals surface area (Å²) in [6.45, 7) is 12.4. The van der Waals surface area contributed by atoms with Gasteiger partial charge in [0.15, 0.2) is 0 Å². The lowest BCUT2D eigenvalue weighted by Gasteiger charge is -2.34. The van der Waals surface area contributed by atoms with Crippen LogP contribution in [0.4, 0.5) is 0 Å². The van der Waals surface area contributed by atoms with Gasteiger partial charge in [-0.05, 0) is 49.8 Å². The number of likely N-dealkylation sites (tertiary alicyclic amines) is 1. The molecule has 2 atom stereocenters. The molecule has 0 bridgehead atoms. The number of hydrogen-bond donors (Lipinski definition) is 1. The molecule has 1 aliphatic rings. The molecule has 3 aromatic rings. The molecule has 7 nitrogen and oxygen atoms in total. The third-order valence-corrected chi connectivity index (χ3v) is 6.76. The van der Waals surface area contributed by atoms with Crippen molar-refractivity contribution in [2.75, 3.05) is 26.2 Å². The van der Waals surface area contributed by atoms with Crippen molar-refractivity contribution in [3.63, 3.8) is 0 Å². The average Bonchev–Trinajstić information content (AvgIpc) is 3.15. The summed E-state index contributed by atoms with van der Waals surface area (Å²) < 4.78 is 1.76. The van der Waals surface area contributed by atoms with Gasteiger partial charge in [0.05, 0.1) is 0 Å². The molecule has 1 aromatic carbocycles. The number of nitrogens with one attached hydrogen (secondary N) is 1. The van der Waals surface area contributed by atoms with Crippen molar-refractivity contribution >= 4 is 23.4 Å². The average molecular weight is 453 g/mol. The highest BCUT2D eigenvalue weighted by Crippen LogP contribution is 2.23. The number of benzene rings is 1. The van der Waals surface area contributed by atoms with Crippen LogP contribution in [0.5, 0.6) is 0 Å². The van der Waals surface area contributed by atoms with E-state index in [1.54, 1.807) is 4.52 Å². The summed E-state index contributed by atoms with van der Waals surface area (Å²) in [4.78, 5) is 24.3. The molecule has 1 amide bonds. The van der Waals surface area contributed by atoms with Gasteiger partial charge in [0.2, 0.25) is 5.16 Å². The quantitative estimate of drug-likeness (QED) is 0.551. The highest BCUT2D eigenvalue weighted by molar-refractivity contribution is 7.98. The molecule has 0 spiro atoms. The monoisotopic (exact) mass is 452 g/mol. The molecule has 32 heavy (non-hydrogen) atoms. The number of aryl methyl sites for hydroxylation is 2. The highest BCUT2D eigenvalue weighted by Gasteiger charge is 2.21. The van der Waals surface area contributed by atoms with E-state index in [9.17, 15) is 4.79 Å². The van der Waals surface area contributed by atoms with Crippen LogP contribution in [0.15, 0.2) is 35.5 Å². The van der Waals surface area contributed by atoms with Crippen LogP contribution < -0.4 is 5.32 Å². The zero-order chi connectivity index (χ0) is 22.7. The Bertz CT molecular complexity index is 1090. The highest BCUT2D eigenvalue weighted by atomic mass is 32.2. The zero-order valence-corrected chi connectivity index (χ0v) is 20.2. The van der Waals surface area contributed by atoms with Crippen LogP contribution in [0.1, 0.15) is 47.6 Å². The van der Waals surface area contributed by atoms with Gasteiger partial charge >= 0.3 is 0 Å². The largest absolute Gasteiger partial charge is 0.351 e. The van der Waals surface area contributed by atoms with E-state index in [0.29, 0.717) is 28.8 Å². The van der Waals surface area contributed by atoms with Crippen molar-refractivity contribution in [1.82, 2.24) is 29.8 Å². The van der Waals surface area contributed by atoms with E-state index in [-0.39, 0.29) is 5.91 Å². The van der Waals surface area contributed by atoms with Crippen LogP contribution in [0.2, 0.25) is 0 Å². The second-order valence-corrected chi connectivity index (χ2v) is 9.99. The predicted octanol–water partition coefficient (Wildman–Crippen LogP) is 3.74.